The Bertz CT molecular complexity index is 947. The molecular weight excluding hydrogens is 427 g/mol. The van der Waals surface area contributed by atoms with Crippen LogP contribution in [-0.2, 0) is 23.8 Å². The second-order valence-electron chi connectivity index (χ2n) is 7.55. The molecule has 0 spiro atoms. The number of rotatable bonds is 4. The van der Waals surface area contributed by atoms with E-state index in [0.717, 1.165) is 11.6 Å². The second kappa shape index (κ2) is 7.68. The van der Waals surface area contributed by atoms with Crippen molar-refractivity contribution in [2.75, 3.05) is 13.2 Å². The fraction of sp³-hybridized carbons (Fsp3) is 0.526. The number of hydrogen-bond donors (Lipinski definition) is 0. The first-order chi connectivity index (χ1) is 14.5. The average molecular weight is 445 g/mol. The first-order valence-electron chi connectivity index (χ1n) is 9.36. The summed E-state index contributed by atoms with van der Waals surface area (Å²) in [4.78, 5) is 27.7. The normalized spacial score (nSPS) is 29.5. The van der Waals surface area contributed by atoms with Crippen molar-refractivity contribution in [3.05, 3.63) is 44.5 Å². The van der Waals surface area contributed by atoms with Gasteiger partial charge in [0.1, 0.15) is 18.0 Å². The zero-order valence-corrected chi connectivity index (χ0v) is 16.4. The number of aryl methyl sites for hydroxylation is 2. The molecule has 5 atom stereocenters. The van der Waals surface area contributed by atoms with Crippen LogP contribution in [0.1, 0.15) is 16.7 Å². The molecule has 0 radical (unpaired) electrons. The van der Waals surface area contributed by atoms with E-state index in [9.17, 15) is 28.1 Å². The van der Waals surface area contributed by atoms with Gasteiger partial charge in [-0.15, -0.1) is 10.1 Å². The van der Waals surface area contributed by atoms with Gasteiger partial charge in [0, 0.05) is 5.56 Å². The summed E-state index contributed by atoms with van der Waals surface area (Å²) in [7, 11) is 0. The van der Waals surface area contributed by atoms with Crippen molar-refractivity contribution < 1.29 is 46.8 Å². The van der Waals surface area contributed by atoms with E-state index >= 15 is 0 Å². The van der Waals surface area contributed by atoms with Crippen LogP contribution in [0.5, 0.6) is 5.75 Å². The minimum Gasteiger partial charge on any atom is -0.475 e. The largest absolute Gasteiger partial charge is 0.475 e. The van der Waals surface area contributed by atoms with Crippen LogP contribution in [0.2, 0.25) is 0 Å². The lowest BCUT2D eigenvalue weighted by atomic mass is 9.97. The summed E-state index contributed by atoms with van der Waals surface area (Å²) in [6, 6.07) is 3.29. The molecule has 31 heavy (non-hydrogen) atoms. The molecule has 12 heteroatoms. The Hall–Kier alpha value is -2.86. The minimum atomic E-state index is -4.86. The molecule has 1 aromatic rings. The highest BCUT2D eigenvalue weighted by molar-refractivity contribution is 5.96. The van der Waals surface area contributed by atoms with E-state index in [1.165, 1.54) is 0 Å². The van der Waals surface area contributed by atoms with Crippen LogP contribution in [-0.4, -0.2) is 61.0 Å². The molecule has 4 rings (SSSR count). The Balaban J connectivity index is 1.56. The third-order valence-electron chi connectivity index (χ3n) is 5.25. The van der Waals surface area contributed by atoms with Crippen LogP contribution in [0, 0.1) is 24.0 Å². The summed E-state index contributed by atoms with van der Waals surface area (Å²) in [6.45, 7) is 3.02. The maximum absolute atomic E-state index is 13.7. The van der Waals surface area contributed by atoms with E-state index in [1.807, 2.05) is 0 Å². The van der Waals surface area contributed by atoms with E-state index in [4.69, 9.17) is 18.9 Å². The molecule has 2 fully saturated rings. The summed E-state index contributed by atoms with van der Waals surface area (Å²) >= 11 is 0. The Kier molecular flexibility index (Phi) is 5.30. The molecule has 3 aliphatic heterocycles. The quantitative estimate of drug-likeness (QED) is 0.395. The van der Waals surface area contributed by atoms with Gasteiger partial charge in [-0.05, 0) is 31.6 Å². The first-order valence-corrected chi connectivity index (χ1v) is 9.36. The fourth-order valence-electron chi connectivity index (χ4n) is 4.03. The number of hydrogen-bond acceptors (Lipinski definition) is 8. The predicted molar refractivity (Wildman–Crippen MR) is 95.6 cm³/mol. The molecule has 0 saturated carbocycles. The van der Waals surface area contributed by atoms with E-state index in [1.54, 1.807) is 26.0 Å². The van der Waals surface area contributed by atoms with Gasteiger partial charge in [-0.1, -0.05) is 11.6 Å². The van der Waals surface area contributed by atoms with Crippen LogP contribution < -0.4 is 4.74 Å². The summed E-state index contributed by atoms with van der Waals surface area (Å²) in [5.74, 6) is -1.18. The Morgan fingerprint density at radius 1 is 1.16 bits per heavy atom. The van der Waals surface area contributed by atoms with Gasteiger partial charge >= 0.3 is 12.1 Å². The Morgan fingerprint density at radius 3 is 2.45 bits per heavy atom. The highest BCUT2D eigenvalue weighted by Gasteiger charge is 2.53. The van der Waals surface area contributed by atoms with Crippen LogP contribution in [0.3, 0.4) is 0 Å². The van der Waals surface area contributed by atoms with Crippen LogP contribution in [0.4, 0.5) is 13.2 Å². The molecule has 3 heterocycles. The summed E-state index contributed by atoms with van der Waals surface area (Å²) in [5.41, 5.74) is 0.931. The molecule has 1 aromatic carbocycles. The first kappa shape index (κ1) is 21.4. The average Bonchev–Trinajstić information content (AvgIpc) is 3.23. The number of alkyl halides is 3. The molecule has 9 nitrogen and oxygen atoms in total. The zero-order valence-electron chi connectivity index (χ0n) is 16.4. The molecule has 0 bridgehead atoms. The van der Waals surface area contributed by atoms with Crippen LogP contribution in [0.15, 0.2) is 17.7 Å². The molecule has 2 saturated heterocycles. The molecular formula is C19H18F3NO8. The third-order valence-corrected chi connectivity index (χ3v) is 5.25. The van der Waals surface area contributed by atoms with Gasteiger partial charge in [0.05, 0.1) is 18.8 Å². The number of esters is 1. The second-order valence-corrected chi connectivity index (χ2v) is 7.55. The van der Waals surface area contributed by atoms with E-state index in [-0.39, 0.29) is 19.0 Å². The molecule has 3 aliphatic rings. The van der Waals surface area contributed by atoms with Gasteiger partial charge in [-0.25, -0.2) is 4.79 Å². The highest BCUT2D eigenvalue weighted by Crippen LogP contribution is 2.40. The number of carbonyl (C=O) groups is 1. The molecule has 1 unspecified atom stereocenters. The maximum Gasteiger partial charge on any atom is 0.430 e. The number of carbonyl (C=O) groups excluding carboxylic acids is 1. The van der Waals surface area contributed by atoms with Gasteiger partial charge in [0.25, 0.3) is 5.09 Å². The molecule has 0 N–H and O–H groups in total. The van der Waals surface area contributed by atoms with Crippen molar-refractivity contribution in [3.63, 3.8) is 0 Å². The topological polar surface area (TPSA) is 106 Å². The summed E-state index contributed by atoms with van der Waals surface area (Å²) in [6.07, 6.45) is -10.1. The highest BCUT2D eigenvalue weighted by atomic mass is 19.4. The number of halogens is 3. The lowest BCUT2D eigenvalue weighted by Crippen LogP contribution is -2.43. The van der Waals surface area contributed by atoms with E-state index < -0.39 is 53.3 Å². The number of fused-ring (bicyclic) bond motifs is 2. The van der Waals surface area contributed by atoms with Crippen molar-refractivity contribution in [1.29, 1.82) is 0 Å². The van der Waals surface area contributed by atoms with Gasteiger partial charge in [-0.2, -0.15) is 13.2 Å². The molecule has 168 valence electrons. The molecule has 0 amide bonds. The fourth-order valence-corrected chi connectivity index (χ4v) is 4.03. The predicted octanol–water partition coefficient (Wildman–Crippen LogP) is 2.30. The van der Waals surface area contributed by atoms with Crippen molar-refractivity contribution >= 4 is 12.0 Å². The SMILES string of the molecule is Cc1cc(C)c2c(c1)C=C(C(=O)O[C@H]1CO[C@H]3[C@@H]1OC[C@H]3O[N+](=O)[O-])C(C(F)(F)F)O2. The number of ether oxygens (including phenoxy) is 4. The smallest absolute Gasteiger partial charge is 0.430 e. The lowest BCUT2D eigenvalue weighted by molar-refractivity contribution is -0.769. The van der Waals surface area contributed by atoms with Gasteiger partial charge < -0.3 is 23.8 Å². The van der Waals surface area contributed by atoms with Gasteiger partial charge in [0.2, 0.25) is 6.10 Å². The third kappa shape index (κ3) is 4.04. The number of nitrogens with zero attached hydrogens (tertiary/aromatic N) is 1. The Morgan fingerprint density at radius 2 is 1.81 bits per heavy atom. The van der Waals surface area contributed by atoms with Crippen molar-refractivity contribution in [3.8, 4) is 5.75 Å². The molecule has 0 aliphatic carbocycles. The summed E-state index contributed by atoms with van der Waals surface area (Å²) < 4.78 is 62.1. The van der Waals surface area contributed by atoms with Gasteiger partial charge in [-0.3, -0.25) is 0 Å². The zero-order chi connectivity index (χ0) is 22.5. The van der Waals surface area contributed by atoms with Crippen LogP contribution >= 0.6 is 0 Å². The minimum absolute atomic E-state index is 0.0487. The van der Waals surface area contributed by atoms with Crippen molar-refractivity contribution in [2.45, 2.75) is 50.5 Å². The Labute approximate surface area is 173 Å². The van der Waals surface area contributed by atoms with E-state index in [0.29, 0.717) is 11.1 Å². The van der Waals surface area contributed by atoms with Crippen molar-refractivity contribution in [2.24, 2.45) is 0 Å². The maximum atomic E-state index is 13.7. The van der Waals surface area contributed by atoms with Gasteiger partial charge in [0.15, 0.2) is 12.2 Å². The number of benzene rings is 1. The van der Waals surface area contributed by atoms with Crippen molar-refractivity contribution in [1.82, 2.24) is 0 Å². The molecule has 0 aromatic heterocycles. The van der Waals surface area contributed by atoms with E-state index in [2.05, 4.69) is 4.84 Å². The van der Waals surface area contributed by atoms with Crippen LogP contribution in [0.25, 0.3) is 6.08 Å². The standard InChI is InChI=1S/C19H18F3NO8/c1-8-3-9(2)14-10(4-8)5-11(17(30-14)19(20,21)22)18(24)29-12-6-27-16-13(31-23(25)26)7-28-15(12)16/h3-5,12-13,15-17H,6-7H2,1-2H3/t12-,13+,15+,16+,17?/m0/s1. The monoisotopic (exact) mass is 445 g/mol. The summed E-state index contributed by atoms with van der Waals surface area (Å²) in [5, 5.41) is 9.56. The lowest BCUT2D eigenvalue weighted by Gasteiger charge is -2.29.